The van der Waals surface area contributed by atoms with Crippen LogP contribution >= 0.6 is 0 Å². The molecule has 0 atom stereocenters. The zero-order valence-corrected chi connectivity index (χ0v) is 29.0. The average Bonchev–Trinajstić information content (AvgIpc) is 3.57. The summed E-state index contributed by atoms with van der Waals surface area (Å²) in [5.74, 6) is 1.45. The molecule has 2 heterocycles. The molecule has 0 spiro atoms. The maximum atomic E-state index is 13.6. The fraction of sp³-hybridized carbons (Fsp3) is 0.0213. The minimum absolute atomic E-state index is 0.437. The van der Waals surface area contributed by atoms with E-state index in [1.165, 1.54) is 12.1 Å². The maximum absolute atomic E-state index is 13.6. The Balaban J connectivity index is 1.33. The molecule has 5 nitrogen and oxygen atoms in total. The van der Waals surface area contributed by atoms with Gasteiger partial charge in [0.25, 0.3) is 0 Å². The number of alkyl halides is 3. The van der Waals surface area contributed by atoms with Gasteiger partial charge in [0.2, 0.25) is 0 Å². The first-order valence-electron chi connectivity index (χ1n) is 17.6. The second-order valence-corrected chi connectivity index (χ2v) is 13.1. The Hall–Kier alpha value is -7.37. The molecule has 0 bridgehead atoms. The van der Waals surface area contributed by atoms with Gasteiger partial charge in [0.05, 0.1) is 33.9 Å². The first-order chi connectivity index (χ1) is 26.9. The van der Waals surface area contributed by atoms with E-state index in [2.05, 4.69) is 22.8 Å². The van der Waals surface area contributed by atoms with E-state index in [-0.39, 0.29) is 0 Å². The Kier molecular flexibility index (Phi) is 8.25. The number of fused-ring (bicyclic) bond motifs is 3. The van der Waals surface area contributed by atoms with E-state index in [9.17, 15) is 18.4 Å². The van der Waals surface area contributed by atoms with Gasteiger partial charge < -0.3 is 4.57 Å². The predicted octanol–water partition coefficient (Wildman–Crippen LogP) is 12.2. The molecule has 0 aliphatic carbocycles. The van der Waals surface area contributed by atoms with Gasteiger partial charge in [-0.15, -0.1) is 0 Å². The van der Waals surface area contributed by atoms with Gasteiger partial charge in [-0.05, 0) is 70.8 Å². The molecule has 8 heteroatoms. The van der Waals surface area contributed by atoms with Crippen LogP contribution in [0.4, 0.5) is 13.2 Å². The molecule has 0 aliphatic rings. The molecule has 0 radical (unpaired) electrons. The first-order valence-corrected chi connectivity index (χ1v) is 17.6. The Bertz CT molecular complexity index is 2850. The van der Waals surface area contributed by atoms with Gasteiger partial charge in [-0.3, -0.25) is 0 Å². The standard InChI is InChI=1S/C47H28F3N5/c48-47(49,50)36-23-19-30(20-24-36)33-21-25-39(46-53-44(31-11-3-1-4-12-31)52-45(54-46)32-13-5-2-6-14-32)43(28-33)55-41-18-10-9-17-38(41)40-27-34(22-26-42(40)55)37-16-8-7-15-35(37)29-51/h1-28H. The van der Waals surface area contributed by atoms with Crippen molar-refractivity contribution in [1.29, 1.82) is 5.26 Å². The average molecular weight is 720 g/mol. The van der Waals surface area contributed by atoms with Crippen LogP contribution in [0.2, 0.25) is 0 Å². The lowest BCUT2D eigenvalue weighted by atomic mass is 9.98. The van der Waals surface area contributed by atoms with Gasteiger partial charge in [-0.1, -0.05) is 121 Å². The minimum Gasteiger partial charge on any atom is -0.308 e. The van der Waals surface area contributed by atoms with Gasteiger partial charge in [0.1, 0.15) is 0 Å². The summed E-state index contributed by atoms with van der Waals surface area (Å²) in [5.41, 5.74) is 7.85. The third-order valence-corrected chi connectivity index (χ3v) is 9.76. The maximum Gasteiger partial charge on any atom is 0.416 e. The fourth-order valence-electron chi connectivity index (χ4n) is 7.10. The van der Waals surface area contributed by atoms with Crippen LogP contribution in [0.5, 0.6) is 0 Å². The number of hydrogen-bond acceptors (Lipinski definition) is 4. The molecule has 9 aromatic rings. The summed E-state index contributed by atoms with van der Waals surface area (Å²) in [4.78, 5) is 15.0. The van der Waals surface area contributed by atoms with Crippen molar-refractivity contribution in [1.82, 2.24) is 19.5 Å². The van der Waals surface area contributed by atoms with Crippen molar-refractivity contribution in [2.24, 2.45) is 0 Å². The highest BCUT2D eigenvalue weighted by molar-refractivity contribution is 6.11. The summed E-state index contributed by atoms with van der Waals surface area (Å²) in [6, 6.07) is 54.5. The second-order valence-electron chi connectivity index (χ2n) is 13.1. The molecule has 0 unspecified atom stereocenters. The molecule has 7 aromatic carbocycles. The summed E-state index contributed by atoms with van der Waals surface area (Å²) < 4.78 is 42.8. The second kappa shape index (κ2) is 13.6. The molecular formula is C47H28F3N5. The van der Waals surface area contributed by atoms with E-state index in [1.54, 1.807) is 0 Å². The molecule has 55 heavy (non-hydrogen) atoms. The van der Waals surface area contributed by atoms with Gasteiger partial charge in [0, 0.05) is 27.5 Å². The number of halogens is 3. The first kappa shape index (κ1) is 33.5. The van der Waals surface area contributed by atoms with E-state index in [0.29, 0.717) is 34.2 Å². The van der Waals surface area contributed by atoms with Crippen molar-refractivity contribution in [3.8, 4) is 68.2 Å². The largest absolute Gasteiger partial charge is 0.416 e. The molecule has 0 aliphatic heterocycles. The number of nitrogens with zero attached hydrogens (tertiary/aromatic N) is 5. The van der Waals surface area contributed by atoms with E-state index in [4.69, 9.17) is 15.0 Å². The van der Waals surface area contributed by atoms with Crippen molar-refractivity contribution in [2.75, 3.05) is 0 Å². The monoisotopic (exact) mass is 719 g/mol. The molecule has 262 valence electrons. The topological polar surface area (TPSA) is 67.4 Å². The van der Waals surface area contributed by atoms with E-state index < -0.39 is 11.7 Å². The summed E-state index contributed by atoms with van der Waals surface area (Å²) in [7, 11) is 0. The molecule has 0 N–H and O–H groups in total. The molecule has 0 saturated carbocycles. The van der Waals surface area contributed by atoms with Crippen LogP contribution in [-0.2, 0) is 6.18 Å². The van der Waals surface area contributed by atoms with Crippen LogP contribution in [0.1, 0.15) is 11.1 Å². The SMILES string of the molecule is N#Cc1ccccc1-c1ccc2c(c1)c1ccccc1n2-c1cc(-c2ccc(C(F)(F)F)cc2)ccc1-c1nc(-c2ccccc2)nc(-c2ccccc2)n1. The quantitative estimate of drug-likeness (QED) is 0.172. The van der Waals surface area contributed by atoms with Crippen molar-refractivity contribution in [3.05, 3.63) is 181 Å². The van der Waals surface area contributed by atoms with E-state index in [1.807, 2.05) is 133 Å². The van der Waals surface area contributed by atoms with Crippen molar-refractivity contribution >= 4 is 21.8 Å². The fourth-order valence-corrected chi connectivity index (χ4v) is 7.10. The Labute approximate surface area is 314 Å². The number of rotatable bonds is 6. The molecule has 0 saturated heterocycles. The highest BCUT2D eigenvalue weighted by Crippen LogP contribution is 2.40. The summed E-state index contributed by atoms with van der Waals surface area (Å²) in [6.45, 7) is 0. The zero-order chi connectivity index (χ0) is 37.5. The Morgan fingerprint density at radius 2 is 1.02 bits per heavy atom. The smallest absolute Gasteiger partial charge is 0.308 e. The van der Waals surface area contributed by atoms with Gasteiger partial charge >= 0.3 is 6.18 Å². The zero-order valence-electron chi connectivity index (χ0n) is 29.0. The molecule has 0 amide bonds. The minimum atomic E-state index is -4.45. The number of para-hydroxylation sites is 1. The molecule has 2 aromatic heterocycles. The van der Waals surface area contributed by atoms with Crippen molar-refractivity contribution in [2.45, 2.75) is 6.18 Å². The number of nitriles is 1. The molecule has 9 rings (SSSR count). The van der Waals surface area contributed by atoms with Crippen LogP contribution in [0.25, 0.3) is 83.9 Å². The lowest BCUT2D eigenvalue weighted by molar-refractivity contribution is -0.137. The van der Waals surface area contributed by atoms with Crippen LogP contribution in [0.15, 0.2) is 170 Å². The summed E-state index contributed by atoms with van der Waals surface area (Å²) in [5, 5.41) is 11.9. The lowest BCUT2D eigenvalue weighted by Crippen LogP contribution is -2.05. The summed E-state index contributed by atoms with van der Waals surface area (Å²) >= 11 is 0. The lowest BCUT2D eigenvalue weighted by Gasteiger charge is -2.17. The normalized spacial score (nSPS) is 11.5. The van der Waals surface area contributed by atoms with Crippen LogP contribution < -0.4 is 0 Å². The third kappa shape index (κ3) is 6.18. The Morgan fingerprint density at radius 1 is 0.455 bits per heavy atom. The van der Waals surface area contributed by atoms with Crippen LogP contribution in [0, 0.1) is 11.3 Å². The number of hydrogen-bond donors (Lipinski definition) is 0. The number of benzene rings is 7. The van der Waals surface area contributed by atoms with Gasteiger partial charge in [0.15, 0.2) is 17.5 Å². The van der Waals surface area contributed by atoms with Crippen molar-refractivity contribution in [3.63, 3.8) is 0 Å². The molecule has 0 fully saturated rings. The van der Waals surface area contributed by atoms with E-state index >= 15 is 0 Å². The van der Waals surface area contributed by atoms with Gasteiger partial charge in [-0.2, -0.15) is 18.4 Å². The highest BCUT2D eigenvalue weighted by Gasteiger charge is 2.30. The highest BCUT2D eigenvalue weighted by atomic mass is 19.4. The summed E-state index contributed by atoms with van der Waals surface area (Å²) in [6.07, 6.45) is -4.45. The molecular weight excluding hydrogens is 692 g/mol. The van der Waals surface area contributed by atoms with Crippen LogP contribution in [-0.4, -0.2) is 19.5 Å². The Morgan fingerprint density at radius 3 is 1.69 bits per heavy atom. The van der Waals surface area contributed by atoms with Crippen molar-refractivity contribution < 1.29 is 13.2 Å². The predicted molar refractivity (Wildman–Crippen MR) is 211 cm³/mol. The van der Waals surface area contributed by atoms with Crippen LogP contribution in [0.3, 0.4) is 0 Å². The van der Waals surface area contributed by atoms with Gasteiger partial charge in [-0.25, -0.2) is 15.0 Å². The number of aromatic nitrogens is 4. The van der Waals surface area contributed by atoms with E-state index in [0.717, 1.165) is 67.4 Å². The third-order valence-electron chi connectivity index (χ3n) is 9.76.